The van der Waals surface area contributed by atoms with Gasteiger partial charge in [0.2, 0.25) is 0 Å². The van der Waals surface area contributed by atoms with Crippen molar-refractivity contribution in [2.24, 2.45) is 0 Å². The highest BCUT2D eigenvalue weighted by atomic mass is 16.4. The third kappa shape index (κ3) is 3.87. The largest absolute Gasteiger partial charge is 0.508 e. The fourth-order valence-corrected chi connectivity index (χ4v) is 2.28. The number of hydrogen-bond donors (Lipinski definition) is 2. The second-order valence-corrected chi connectivity index (χ2v) is 5.11. The summed E-state index contributed by atoms with van der Waals surface area (Å²) in [6, 6.07) is 6.45. The predicted molar refractivity (Wildman–Crippen MR) is 78.5 cm³/mol. The second-order valence-electron chi connectivity index (χ2n) is 5.11. The van der Waals surface area contributed by atoms with Crippen LogP contribution in [0.1, 0.15) is 26.2 Å². The number of nitrogens with zero attached hydrogens (tertiary/aromatic N) is 2. The molecule has 6 heteroatoms. The van der Waals surface area contributed by atoms with Gasteiger partial charge >= 0.3 is 12.0 Å². The summed E-state index contributed by atoms with van der Waals surface area (Å²) < 4.78 is 0. The molecule has 1 aromatic carbocycles. The molecule has 0 atom stereocenters. The van der Waals surface area contributed by atoms with Crippen LogP contribution in [0.2, 0.25) is 0 Å². The van der Waals surface area contributed by atoms with E-state index in [0.717, 1.165) is 12.8 Å². The number of rotatable bonds is 6. The van der Waals surface area contributed by atoms with Crippen molar-refractivity contribution in [3.63, 3.8) is 0 Å². The Morgan fingerprint density at radius 2 is 2.05 bits per heavy atom. The number of urea groups is 1. The van der Waals surface area contributed by atoms with E-state index < -0.39 is 5.97 Å². The van der Waals surface area contributed by atoms with Gasteiger partial charge < -0.3 is 15.1 Å². The minimum absolute atomic E-state index is 0.0557. The normalized spacial score (nSPS) is 13.8. The van der Waals surface area contributed by atoms with Crippen LogP contribution in [0, 0.1) is 0 Å². The van der Waals surface area contributed by atoms with E-state index in [9.17, 15) is 14.7 Å². The highest BCUT2D eigenvalue weighted by Crippen LogP contribution is 2.29. The molecule has 1 aliphatic rings. The van der Waals surface area contributed by atoms with E-state index in [2.05, 4.69) is 0 Å². The Morgan fingerprint density at radius 3 is 2.57 bits per heavy atom. The van der Waals surface area contributed by atoms with Crippen LogP contribution in [0.3, 0.4) is 0 Å². The number of hydrogen-bond acceptors (Lipinski definition) is 3. The maximum atomic E-state index is 12.7. The molecule has 2 amide bonds. The quantitative estimate of drug-likeness (QED) is 0.843. The third-order valence-corrected chi connectivity index (χ3v) is 3.49. The first kappa shape index (κ1) is 15.2. The lowest BCUT2D eigenvalue weighted by Crippen LogP contribution is -2.45. The fraction of sp³-hybridized carbons (Fsp3) is 0.467. The molecule has 0 aromatic heterocycles. The summed E-state index contributed by atoms with van der Waals surface area (Å²) in [5.74, 6) is -0.809. The van der Waals surface area contributed by atoms with E-state index in [1.807, 2.05) is 6.92 Å². The van der Waals surface area contributed by atoms with Gasteiger partial charge in [0.15, 0.2) is 0 Å². The van der Waals surface area contributed by atoms with Gasteiger partial charge in [-0.1, -0.05) is 6.07 Å². The molecule has 2 rings (SSSR count). The van der Waals surface area contributed by atoms with E-state index in [0.29, 0.717) is 12.2 Å². The molecule has 0 spiro atoms. The third-order valence-electron chi connectivity index (χ3n) is 3.49. The number of carboxylic acids is 1. The van der Waals surface area contributed by atoms with Gasteiger partial charge in [-0.05, 0) is 31.9 Å². The minimum Gasteiger partial charge on any atom is -0.508 e. The monoisotopic (exact) mass is 292 g/mol. The first-order valence-corrected chi connectivity index (χ1v) is 7.12. The number of aromatic hydroxyl groups is 1. The van der Waals surface area contributed by atoms with Crippen LogP contribution in [0.25, 0.3) is 0 Å². The molecule has 1 saturated carbocycles. The van der Waals surface area contributed by atoms with Gasteiger partial charge in [-0.2, -0.15) is 0 Å². The molecule has 0 unspecified atom stereocenters. The van der Waals surface area contributed by atoms with E-state index in [1.165, 1.54) is 6.07 Å². The Morgan fingerprint density at radius 1 is 1.33 bits per heavy atom. The van der Waals surface area contributed by atoms with Crippen molar-refractivity contribution in [1.29, 1.82) is 0 Å². The number of carbonyl (C=O) groups excluding carboxylic acids is 1. The highest BCUT2D eigenvalue weighted by molar-refractivity contribution is 5.92. The molecular formula is C15H20N2O4. The number of benzene rings is 1. The van der Waals surface area contributed by atoms with Gasteiger partial charge in [-0.3, -0.25) is 9.69 Å². The summed E-state index contributed by atoms with van der Waals surface area (Å²) in [4.78, 5) is 26.6. The summed E-state index contributed by atoms with van der Waals surface area (Å²) >= 11 is 0. The number of amides is 2. The Hall–Kier alpha value is -2.24. The number of aliphatic carboxylic acids is 1. The van der Waals surface area contributed by atoms with Crippen molar-refractivity contribution in [1.82, 2.24) is 4.90 Å². The summed E-state index contributed by atoms with van der Waals surface area (Å²) in [6.45, 7) is 2.52. The van der Waals surface area contributed by atoms with Crippen LogP contribution in [0.5, 0.6) is 5.75 Å². The minimum atomic E-state index is -0.908. The Bertz CT molecular complexity index is 528. The van der Waals surface area contributed by atoms with Crippen LogP contribution in [0.4, 0.5) is 10.5 Å². The van der Waals surface area contributed by atoms with Crippen LogP contribution in [0.15, 0.2) is 24.3 Å². The molecule has 0 aliphatic heterocycles. The van der Waals surface area contributed by atoms with Crippen LogP contribution in [-0.4, -0.2) is 46.2 Å². The number of phenolic OH excluding ortho intramolecular Hbond substituents is 1. The van der Waals surface area contributed by atoms with Crippen LogP contribution >= 0.6 is 0 Å². The van der Waals surface area contributed by atoms with E-state index in [1.54, 1.807) is 28.0 Å². The summed E-state index contributed by atoms with van der Waals surface area (Å²) in [7, 11) is 0. The van der Waals surface area contributed by atoms with Gasteiger partial charge in [0, 0.05) is 30.9 Å². The maximum Gasteiger partial charge on any atom is 0.324 e. The molecule has 21 heavy (non-hydrogen) atoms. The van der Waals surface area contributed by atoms with Crippen molar-refractivity contribution >= 4 is 17.7 Å². The lowest BCUT2D eigenvalue weighted by molar-refractivity contribution is -0.137. The van der Waals surface area contributed by atoms with E-state index >= 15 is 0 Å². The van der Waals surface area contributed by atoms with Crippen molar-refractivity contribution in [2.75, 3.05) is 18.0 Å². The molecule has 0 heterocycles. The molecule has 2 N–H and O–H groups in total. The van der Waals surface area contributed by atoms with E-state index in [-0.39, 0.29) is 30.8 Å². The average molecular weight is 292 g/mol. The number of carboxylic acid groups (broad SMARTS) is 1. The smallest absolute Gasteiger partial charge is 0.324 e. The Balaban J connectivity index is 2.15. The second kappa shape index (κ2) is 6.47. The lowest BCUT2D eigenvalue weighted by atomic mass is 10.2. The zero-order chi connectivity index (χ0) is 15.4. The van der Waals surface area contributed by atoms with Gasteiger partial charge in [0.1, 0.15) is 5.75 Å². The van der Waals surface area contributed by atoms with Gasteiger partial charge in [-0.15, -0.1) is 0 Å². The van der Waals surface area contributed by atoms with E-state index in [4.69, 9.17) is 5.11 Å². The molecule has 114 valence electrons. The Kier molecular flexibility index (Phi) is 4.67. The fourth-order valence-electron chi connectivity index (χ4n) is 2.28. The number of carbonyl (C=O) groups is 2. The summed E-state index contributed by atoms with van der Waals surface area (Å²) in [6.07, 6.45) is 1.78. The summed E-state index contributed by atoms with van der Waals surface area (Å²) in [5.41, 5.74) is 0.614. The predicted octanol–water partition coefficient (Wildman–Crippen LogP) is 2.28. The first-order valence-electron chi connectivity index (χ1n) is 7.12. The molecule has 1 fully saturated rings. The van der Waals surface area contributed by atoms with Crippen molar-refractivity contribution in [3.8, 4) is 5.75 Å². The van der Waals surface area contributed by atoms with Crippen molar-refractivity contribution in [2.45, 2.75) is 32.2 Å². The lowest BCUT2D eigenvalue weighted by Gasteiger charge is -2.30. The number of phenols is 1. The van der Waals surface area contributed by atoms with Gasteiger partial charge in [0.25, 0.3) is 0 Å². The summed E-state index contributed by atoms with van der Waals surface area (Å²) in [5, 5.41) is 18.4. The van der Waals surface area contributed by atoms with Crippen LogP contribution < -0.4 is 4.90 Å². The average Bonchev–Trinajstić information content (AvgIpc) is 3.24. The number of anilines is 1. The zero-order valence-electron chi connectivity index (χ0n) is 12.0. The standard InChI is InChI=1S/C15H20N2O4/c1-2-16(12-4-3-5-13(18)10-12)15(21)17(11-6-7-11)9-8-14(19)20/h3-5,10-11,18H,2,6-9H2,1H3,(H,19,20). The molecule has 0 saturated heterocycles. The molecular weight excluding hydrogens is 272 g/mol. The topological polar surface area (TPSA) is 81.1 Å². The van der Waals surface area contributed by atoms with Gasteiger partial charge in [0.05, 0.1) is 6.42 Å². The van der Waals surface area contributed by atoms with Crippen molar-refractivity contribution < 1.29 is 19.8 Å². The highest BCUT2D eigenvalue weighted by Gasteiger charge is 2.35. The SMILES string of the molecule is CCN(C(=O)N(CCC(=O)O)C1CC1)c1cccc(O)c1. The zero-order valence-corrected chi connectivity index (χ0v) is 12.0. The molecule has 1 aliphatic carbocycles. The molecule has 6 nitrogen and oxygen atoms in total. The first-order chi connectivity index (χ1) is 10.0. The van der Waals surface area contributed by atoms with Crippen molar-refractivity contribution in [3.05, 3.63) is 24.3 Å². The molecule has 1 aromatic rings. The Labute approximate surface area is 123 Å². The van der Waals surface area contributed by atoms with Crippen LogP contribution in [-0.2, 0) is 4.79 Å². The maximum absolute atomic E-state index is 12.7. The molecule has 0 bridgehead atoms. The molecule has 0 radical (unpaired) electrons. The van der Waals surface area contributed by atoms with Gasteiger partial charge in [-0.25, -0.2) is 4.79 Å².